The number of aldehydes is 1. The number of rotatable bonds is 17. The number of ether oxygens (including phenoxy) is 1. The molecule has 97 heavy (non-hydrogen) atoms. The molecule has 0 radical (unpaired) electrons. The van der Waals surface area contributed by atoms with E-state index in [4.69, 9.17) is 30.4 Å². The Morgan fingerprint density at radius 2 is 0.619 bits per heavy atom. The van der Waals surface area contributed by atoms with Gasteiger partial charge in [0.25, 0.3) is 5.91 Å². The van der Waals surface area contributed by atoms with Crippen molar-refractivity contribution in [2.75, 3.05) is 13.2 Å². The molecule has 1 saturated heterocycles. The molecule has 0 atom stereocenters. The largest absolute Gasteiger partial charge is 1.00 e. The lowest BCUT2D eigenvalue weighted by molar-refractivity contribution is -0.0000899. The first kappa shape index (κ1) is 84.1. The fraction of sp³-hybridized carbons (Fsp3) is 0.157. The number of benzene rings is 10. The molecule has 0 unspecified atom stereocenters. The molecule has 0 aliphatic carbocycles. The molecular weight excluding hydrogens is 1280 g/mol. The smallest absolute Gasteiger partial charge is 0.335 e. The van der Waals surface area contributed by atoms with Gasteiger partial charge in [-0.05, 0) is 156 Å². The van der Waals surface area contributed by atoms with Gasteiger partial charge in [-0.25, -0.2) is 24.7 Å². The fourth-order valence-corrected chi connectivity index (χ4v) is 8.69. The van der Waals surface area contributed by atoms with Crippen LogP contribution in [-0.2, 0) is 36.8 Å². The molecule has 14 heteroatoms. The number of nitrogens with one attached hydrogen (secondary N) is 1. The third-order valence-electron chi connectivity index (χ3n) is 13.7. The van der Waals surface area contributed by atoms with Crippen LogP contribution in [0.5, 0.6) is 0 Å². The number of carbonyl (C=O) groups excluding carboxylic acids is 2. The average Bonchev–Trinajstić information content (AvgIpc) is 1.75. The van der Waals surface area contributed by atoms with E-state index in [2.05, 4.69) is 55.5 Å². The lowest BCUT2D eigenvalue weighted by Crippen LogP contribution is -3.00. The Morgan fingerprint density at radius 1 is 0.351 bits per heavy atom. The molecule has 1 aliphatic rings. The van der Waals surface area contributed by atoms with E-state index in [0.717, 1.165) is 78.7 Å². The van der Waals surface area contributed by atoms with Crippen LogP contribution in [-0.4, -0.2) is 74.9 Å². The Balaban J connectivity index is 0.000000576. The highest BCUT2D eigenvalue weighted by molar-refractivity contribution is 5.93. The maximum Gasteiger partial charge on any atom is 0.335 e. The van der Waals surface area contributed by atoms with E-state index in [0.29, 0.717) is 34.1 Å². The fourth-order valence-electron chi connectivity index (χ4n) is 8.69. The molecule has 0 aromatic heterocycles. The zero-order valence-electron chi connectivity index (χ0n) is 52.2. The monoisotopic (exact) mass is 1370 g/mol. The van der Waals surface area contributed by atoms with E-state index >= 15 is 0 Å². The van der Waals surface area contributed by atoms with Crippen molar-refractivity contribution in [3.05, 3.63) is 356 Å². The van der Waals surface area contributed by atoms with E-state index in [1.165, 1.54) is 47.7 Å². The minimum absolute atomic E-state index is 0. The molecule has 1 aliphatic heterocycles. The number of carbonyl (C=O) groups is 6. The predicted octanol–water partition coefficient (Wildman–Crippen LogP) is 16.0. The van der Waals surface area contributed by atoms with Gasteiger partial charge in [0.2, 0.25) is 0 Å². The van der Waals surface area contributed by atoms with Crippen molar-refractivity contribution in [3.8, 4) is 0 Å². The summed E-state index contributed by atoms with van der Waals surface area (Å²) in [5.74, 6) is -4.17. The van der Waals surface area contributed by atoms with Gasteiger partial charge in [0.05, 0.1) is 22.3 Å². The number of carboxylic acids is 4. The van der Waals surface area contributed by atoms with E-state index in [9.17, 15) is 28.8 Å². The Morgan fingerprint density at radius 3 is 0.938 bits per heavy atom. The first-order valence-corrected chi connectivity index (χ1v) is 30.2. The molecule has 0 bridgehead atoms. The van der Waals surface area contributed by atoms with Gasteiger partial charge in [-0.2, -0.15) is 0 Å². The third kappa shape index (κ3) is 34.7. The van der Waals surface area contributed by atoms with Crippen LogP contribution < -0.4 is 22.5 Å². The normalized spacial score (nSPS) is 10.4. The summed E-state index contributed by atoms with van der Waals surface area (Å²) in [4.78, 5) is 64.3. The maximum atomic E-state index is 11.3. The molecule has 0 saturated carbocycles. The van der Waals surface area contributed by atoms with Crippen LogP contribution in [0.3, 0.4) is 0 Å². The van der Waals surface area contributed by atoms with Gasteiger partial charge < -0.3 is 42.1 Å². The van der Waals surface area contributed by atoms with E-state index in [-0.39, 0.29) is 44.8 Å². The van der Waals surface area contributed by atoms with Crippen LogP contribution in [0.15, 0.2) is 273 Å². The summed E-state index contributed by atoms with van der Waals surface area (Å²) in [7, 11) is 0. The molecular formula is C83H89BrNO12-. The summed E-state index contributed by atoms with van der Waals surface area (Å²) in [6.45, 7) is 4.16. The summed E-state index contributed by atoms with van der Waals surface area (Å²) in [6.07, 6.45) is 15.6. The van der Waals surface area contributed by atoms with Gasteiger partial charge in [0.15, 0.2) is 0 Å². The van der Waals surface area contributed by atoms with Crippen LogP contribution in [0, 0.1) is 0 Å². The molecule has 10 aromatic carbocycles. The van der Waals surface area contributed by atoms with Gasteiger partial charge in [-0.15, -0.1) is 0 Å². The molecule has 1 amide bonds. The van der Waals surface area contributed by atoms with Crippen molar-refractivity contribution in [1.82, 2.24) is 5.48 Å². The number of hydrogen-bond acceptors (Lipinski definition) is 8. The SMILES string of the molecule is C.C.C.C1CCOC1.CCc1ccccc1.O=C(NO)c1cccc(CCc2ccccc2)c1.O=C(O)c1cccc(/C=C/c2ccccc2)c1.O=C(O)c1cccc(/C=C\c2ccccc2)c1.O=C(O)c1cccc(CCc2ccccc2)c1.O=Cc1cccc(C(=O)O)c1.[Br-]. The molecule has 0 spiro atoms. The molecule has 506 valence electrons. The maximum absolute atomic E-state index is 11.3. The van der Waals surface area contributed by atoms with E-state index in [1.54, 1.807) is 78.3 Å². The molecule has 11 rings (SSSR count). The first-order valence-electron chi connectivity index (χ1n) is 30.2. The number of hydrogen-bond donors (Lipinski definition) is 6. The van der Waals surface area contributed by atoms with E-state index in [1.807, 2.05) is 158 Å². The number of aryl methyl sites for hydroxylation is 5. The first-order chi connectivity index (χ1) is 45.2. The van der Waals surface area contributed by atoms with Crippen molar-refractivity contribution in [2.45, 2.75) is 74.1 Å². The average molecular weight is 1370 g/mol. The number of amides is 1. The van der Waals surface area contributed by atoms with Crippen molar-refractivity contribution in [1.29, 1.82) is 0 Å². The van der Waals surface area contributed by atoms with Gasteiger partial charge >= 0.3 is 23.9 Å². The zero-order chi connectivity index (χ0) is 66.7. The quantitative estimate of drug-likeness (QED) is 0.0217. The number of halogens is 1. The Labute approximate surface area is 582 Å². The van der Waals surface area contributed by atoms with Crippen LogP contribution in [0.1, 0.15) is 154 Å². The summed E-state index contributed by atoms with van der Waals surface area (Å²) < 4.78 is 4.94. The highest BCUT2D eigenvalue weighted by Gasteiger charge is 2.07. The van der Waals surface area contributed by atoms with Gasteiger partial charge in [0.1, 0.15) is 6.29 Å². The van der Waals surface area contributed by atoms with Gasteiger partial charge in [-0.3, -0.25) is 14.8 Å². The Hall–Kier alpha value is -10.9. The summed E-state index contributed by atoms with van der Waals surface area (Å²) in [5, 5.41) is 43.7. The second kappa shape index (κ2) is 49.7. The van der Waals surface area contributed by atoms with Crippen LogP contribution in [0.2, 0.25) is 0 Å². The summed E-state index contributed by atoms with van der Waals surface area (Å²) in [5.41, 5.74) is 13.6. The van der Waals surface area contributed by atoms with Crippen LogP contribution >= 0.6 is 0 Å². The number of hydroxylamine groups is 1. The van der Waals surface area contributed by atoms with Crippen molar-refractivity contribution >= 4 is 60.4 Å². The number of carboxylic acid groups (broad SMARTS) is 4. The Bertz CT molecular complexity index is 3810. The molecule has 1 heterocycles. The Kier molecular flexibility index (Phi) is 43.1. The minimum atomic E-state index is -1.02. The summed E-state index contributed by atoms with van der Waals surface area (Å²) >= 11 is 0. The number of aromatic carboxylic acids is 4. The molecule has 13 nitrogen and oxygen atoms in total. The van der Waals surface area contributed by atoms with Gasteiger partial charge in [-0.1, -0.05) is 266 Å². The van der Waals surface area contributed by atoms with Crippen LogP contribution in [0.4, 0.5) is 0 Å². The molecule has 6 N–H and O–H groups in total. The minimum Gasteiger partial charge on any atom is -1.00 e. The van der Waals surface area contributed by atoms with Crippen molar-refractivity contribution in [3.63, 3.8) is 0 Å². The third-order valence-corrected chi connectivity index (χ3v) is 13.7. The van der Waals surface area contributed by atoms with Gasteiger partial charge in [0, 0.05) is 24.3 Å². The van der Waals surface area contributed by atoms with Crippen LogP contribution in [0.25, 0.3) is 24.3 Å². The molecule has 10 aromatic rings. The van der Waals surface area contributed by atoms with Crippen molar-refractivity contribution < 1.29 is 76.1 Å². The molecule has 1 fully saturated rings. The second-order valence-corrected chi connectivity index (χ2v) is 20.7. The summed E-state index contributed by atoms with van der Waals surface area (Å²) in [6, 6.07) is 84.6. The highest BCUT2D eigenvalue weighted by Crippen LogP contribution is 2.15. The zero-order valence-corrected chi connectivity index (χ0v) is 53.8. The second-order valence-electron chi connectivity index (χ2n) is 20.7. The predicted molar refractivity (Wildman–Crippen MR) is 389 cm³/mol. The topological polar surface area (TPSA) is 225 Å². The van der Waals surface area contributed by atoms with Crippen molar-refractivity contribution in [2.24, 2.45) is 0 Å². The standard InChI is InChI=1S/C15H15NO2.C15H14O2.2C15H12O2.C8H6O3.C8H10.C4H8O.3CH4.BrH/c17-15(16-18)14-8-4-7-13(11-14)10-9-12-5-2-1-3-6-12;3*16-15(17)14-8-4-7-13(11-14)10-9-12-5-2-1-3-6-12;9-5-6-2-1-3-7(4-6)8(10)11;1-2-8-6-4-3-5-7-8;1-2-4-5-3-1;;;;/h1-8,11,18H,9-10H2,(H,16,17);1-8,11H,9-10H2,(H,16,17);2*1-11H,(H,16,17);1-5H,(H,10,11);3-7H,2H2,1H3;1-4H2;3*1H4;1H/p-1/b;;10-9+;10-9-;;;;;;;. The highest BCUT2D eigenvalue weighted by atomic mass is 79.9. The lowest BCUT2D eigenvalue weighted by Gasteiger charge is -2.04. The van der Waals surface area contributed by atoms with E-state index < -0.39 is 29.8 Å². The lowest BCUT2D eigenvalue weighted by atomic mass is 10.0.